The molecule has 0 N–H and O–H groups in total. The number of rotatable bonds is 9. The number of unbranched alkanes of at least 4 members (excludes halogenated alkanes) is 1. The molecule has 0 radical (unpaired) electrons. The molecule has 4 heteroatoms. The third-order valence-corrected chi connectivity index (χ3v) is 6.23. The molecular weight excluding hydrogens is 328 g/mol. The van der Waals surface area contributed by atoms with E-state index in [2.05, 4.69) is 13.8 Å². The van der Waals surface area contributed by atoms with Gasteiger partial charge in [0.1, 0.15) is 6.10 Å². The van der Waals surface area contributed by atoms with E-state index in [1.807, 2.05) is 0 Å². The van der Waals surface area contributed by atoms with Gasteiger partial charge in [0, 0.05) is 0 Å². The van der Waals surface area contributed by atoms with Crippen molar-refractivity contribution in [3.63, 3.8) is 0 Å². The van der Waals surface area contributed by atoms with Crippen LogP contribution < -0.4 is 0 Å². The molecule has 0 aromatic carbocycles. The maximum atomic E-state index is 12.4. The van der Waals surface area contributed by atoms with Gasteiger partial charge in [-0.25, -0.2) is 0 Å². The first-order valence-electron chi connectivity index (χ1n) is 11.0. The SMILES string of the molecule is CCCCC(CC)COC(=O)C1CCC(C(=O)OC2CCCCC2)CC1. The molecule has 0 aromatic rings. The first kappa shape index (κ1) is 21.2. The summed E-state index contributed by atoms with van der Waals surface area (Å²) in [5.74, 6) is 0.348. The van der Waals surface area contributed by atoms with E-state index >= 15 is 0 Å². The van der Waals surface area contributed by atoms with Gasteiger partial charge in [0.25, 0.3) is 0 Å². The first-order valence-corrected chi connectivity index (χ1v) is 11.0. The minimum absolute atomic E-state index is 0.0195. The van der Waals surface area contributed by atoms with Crippen molar-refractivity contribution in [3.05, 3.63) is 0 Å². The molecule has 150 valence electrons. The summed E-state index contributed by atoms with van der Waals surface area (Å²) in [5, 5.41) is 0. The number of hydrogen-bond acceptors (Lipinski definition) is 4. The van der Waals surface area contributed by atoms with Gasteiger partial charge < -0.3 is 9.47 Å². The zero-order valence-electron chi connectivity index (χ0n) is 16.8. The van der Waals surface area contributed by atoms with Crippen LogP contribution in [0.5, 0.6) is 0 Å². The second-order valence-electron chi connectivity index (χ2n) is 8.29. The molecule has 26 heavy (non-hydrogen) atoms. The molecule has 1 unspecified atom stereocenters. The molecule has 0 heterocycles. The molecule has 4 nitrogen and oxygen atoms in total. The Hall–Kier alpha value is -1.06. The van der Waals surface area contributed by atoms with E-state index in [0.717, 1.165) is 51.4 Å². The second kappa shape index (κ2) is 11.6. The number of ether oxygens (including phenoxy) is 2. The maximum Gasteiger partial charge on any atom is 0.309 e. The van der Waals surface area contributed by atoms with Gasteiger partial charge in [-0.05, 0) is 63.7 Å². The van der Waals surface area contributed by atoms with Gasteiger partial charge >= 0.3 is 11.9 Å². The molecule has 0 bridgehead atoms. The highest BCUT2D eigenvalue weighted by Gasteiger charge is 2.33. The zero-order valence-corrected chi connectivity index (χ0v) is 16.8. The Balaban J connectivity index is 1.66. The van der Waals surface area contributed by atoms with Gasteiger partial charge in [-0.1, -0.05) is 39.5 Å². The van der Waals surface area contributed by atoms with Crippen LogP contribution in [-0.4, -0.2) is 24.6 Å². The number of carbonyl (C=O) groups excluding carboxylic acids is 2. The maximum absolute atomic E-state index is 12.4. The lowest BCUT2D eigenvalue weighted by atomic mass is 9.82. The van der Waals surface area contributed by atoms with Crippen LogP contribution in [0.1, 0.15) is 97.3 Å². The summed E-state index contributed by atoms with van der Waals surface area (Å²) in [6.07, 6.45) is 13.4. The Labute approximate surface area is 159 Å². The molecule has 2 aliphatic carbocycles. The zero-order chi connectivity index (χ0) is 18.8. The van der Waals surface area contributed by atoms with Crippen LogP contribution in [0.4, 0.5) is 0 Å². The predicted molar refractivity (Wildman–Crippen MR) is 103 cm³/mol. The van der Waals surface area contributed by atoms with E-state index in [4.69, 9.17) is 9.47 Å². The molecule has 0 spiro atoms. The van der Waals surface area contributed by atoms with Crippen LogP contribution in [0.15, 0.2) is 0 Å². The van der Waals surface area contributed by atoms with Crippen molar-refractivity contribution < 1.29 is 19.1 Å². The Morgan fingerprint density at radius 2 is 1.50 bits per heavy atom. The Kier molecular flexibility index (Phi) is 9.49. The summed E-state index contributed by atoms with van der Waals surface area (Å²) in [6.45, 7) is 4.91. The van der Waals surface area contributed by atoms with Crippen LogP contribution in [0.2, 0.25) is 0 Å². The molecule has 0 aromatic heterocycles. The standard InChI is InChI=1S/C22H38O4/c1-3-5-9-17(4-2)16-25-21(23)18-12-14-19(15-13-18)22(24)26-20-10-7-6-8-11-20/h17-20H,3-16H2,1-2H3. The summed E-state index contributed by atoms with van der Waals surface area (Å²) in [5.41, 5.74) is 0. The van der Waals surface area contributed by atoms with Gasteiger partial charge in [-0.2, -0.15) is 0 Å². The van der Waals surface area contributed by atoms with Gasteiger partial charge in [-0.3, -0.25) is 9.59 Å². The van der Waals surface area contributed by atoms with E-state index in [1.54, 1.807) is 0 Å². The van der Waals surface area contributed by atoms with Crippen molar-refractivity contribution in [1.82, 2.24) is 0 Å². The lowest BCUT2D eigenvalue weighted by molar-refractivity contribution is -0.160. The Morgan fingerprint density at radius 1 is 0.885 bits per heavy atom. The quantitative estimate of drug-likeness (QED) is 0.511. The molecule has 0 aliphatic heterocycles. The Morgan fingerprint density at radius 3 is 2.08 bits per heavy atom. The van der Waals surface area contributed by atoms with Crippen LogP contribution in [0.3, 0.4) is 0 Å². The van der Waals surface area contributed by atoms with Gasteiger partial charge in [0.05, 0.1) is 18.4 Å². The largest absolute Gasteiger partial charge is 0.465 e. The van der Waals surface area contributed by atoms with Crippen molar-refractivity contribution in [2.24, 2.45) is 17.8 Å². The average molecular weight is 367 g/mol. The van der Waals surface area contributed by atoms with E-state index < -0.39 is 0 Å². The van der Waals surface area contributed by atoms with Crippen molar-refractivity contribution >= 4 is 11.9 Å². The molecular formula is C22H38O4. The fraction of sp³-hybridized carbons (Fsp3) is 0.909. The van der Waals surface area contributed by atoms with Crippen LogP contribution >= 0.6 is 0 Å². The normalized spacial score (nSPS) is 25.5. The molecule has 2 aliphatic rings. The smallest absolute Gasteiger partial charge is 0.309 e. The monoisotopic (exact) mass is 366 g/mol. The number of esters is 2. The van der Waals surface area contributed by atoms with Gasteiger partial charge in [-0.15, -0.1) is 0 Å². The fourth-order valence-electron chi connectivity index (χ4n) is 4.22. The fourth-order valence-corrected chi connectivity index (χ4v) is 4.22. The summed E-state index contributed by atoms with van der Waals surface area (Å²) < 4.78 is 11.3. The van der Waals surface area contributed by atoms with Crippen LogP contribution in [-0.2, 0) is 19.1 Å². The Bertz CT molecular complexity index is 420. The van der Waals surface area contributed by atoms with Gasteiger partial charge in [0.15, 0.2) is 0 Å². The van der Waals surface area contributed by atoms with Crippen LogP contribution in [0, 0.1) is 17.8 Å². The summed E-state index contributed by atoms with van der Waals surface area (Å²) >= 11 is 0. The van der Waals surface area contributed by atoms with E-state index in [-0.39, 0.29) is 29.9 Å². The molecule has 0 saturated heterocycles. The summed E-state index contributed by atoms with van der Waals surface area (Å²) in [4.78, 5) is 24.7. The van der Waals surface area contributed by atoms with Crippen molar-refractivity contribution in [3.8, 4) is 0 Å². The third kappa shape index (κ3) is 6.92. The van der Waals surface area contributed by atoms with E-state index in [1.165, 1.54) is 32.1 Å². The molecule has 2 fully saturated rings. The molecule has 2 rings (SSSR count). The van der Waals surface area contributed by atoms with Crippen molar-refractivity contribution in [2.75, 3.05) is 6.61 Å². The van der Waals surface area contributed by atoms with Gasteiger partial charge in [0.2, 0.25) is 0 Å². The lowest BCUT2D eigenvalue weighted by Crippen LogP contribution is -2.31. The second-order valence-corrected chi connectivity index (χ2v) is 8.29. The van der Waals surface area contributed by atoms with Crippen molar-refractivity contribution in [1.29, 1.82) is 0 Å². The topological polar surface area (TPSA) is 52.6 Å². The molecule has 2 saturated carbocycles. The van der Waals surface area contributed by atoms with Crippen molar-refractivity contribution in [2.45, 2.75) is 103 Å². The number of carbonyl (C=O) groups is 2. The first-order chi connectivity index (χ1) is 12.6. The molecule has 0 amide bonds. The van der Waals surface area contributed by atoms with Crippen LogP contribution in [0.25, 0.3) is 0 Å². The van der Waals surface area contributed by atoms with E-state index in [0.29, 0.717) is 12.5 Å². The minimum Gasteiger partial charge on any atom is -0.465 e. The predicted octanol–water partition coefficient (Wildman–Crippen LogP) is 5.43. The third-order valence-electron chi connectivity index (χ3n) is 6.23. The summed E-state index contributed by atoms with van der Waals surface area (Å²) in [7, 11) is 0. The summed E-state index contributed by atoms with van der Waals surface area (Å²) in [6, 6.07) is 0. The average Bonchev–Trinajstić information content (AvgIpc) is 2.69. The number of hydrogen-bond donors (Lipinski definition) is 0. The molecule has 1 atom stereocenters. The minimum atomic E-state index is -0.0564. The van der Waals surface area contributed by atoms with E-state index in [9.17, 15) is 9.59 Å². The highest BCUT2D eigenvalue weighted by atomic mass is 16.5. The highest BCUT2D eigenvalue weighted by molar-refractivity contribution is 5.75. The lowest BCUT2D eigenvalue weighted by Gasteiger charge is -2.29. The highest BCUT2D eigenvalue weighted by Crippen LogP contribution is 2.32.